The molecule has 0 aliphatic rings. The van der Waals surface area contributed by atoms with E-state index in [1.807, 2.05) is 36.4 Å². The normalized spacial score (nSPS) is 10.1. The summed E-state index contributed by atoms with van der Waals surface area (Å²) in [5, 5.41) is 0. The molecule has 222 valence electrons. The fourth-order valence-electron chi connectivity index (χ4n) is 4.09. The molecule has 0 aliphatic carbocycles. The lowest BCUT2D eigenvalue weighted by Gasteiger charge is -2.10. The third-order valence-corrected chi connectivity index (χ3v) is 6.64. The second-order valence-corrected chi connectivity index (χ2v) is 10.3. The minimum atomic E-state index is -0.710. The van der Waals surface area contributed by atoms with Gasteiger partial charge in [0, 0.05) is 34.8 Å². The van der Waals surface area contributed by atoms with Crippen molar-refractivity contribution in [2.45, 2.75) is 20.3 Å². The lowest BCUT2D eigenvalue weighted by atomic mass is 9.97. The minimum Gasteiger partial charge on any atom is -0.423 e. The highest BCUT2D eigenvalue weighted by Gasteiger charge is 2.17. The monoisotopic (exact) mass is 594 g/mol. The highest BCUT2D eigenvalue weighted by Crippen LogP contribution is 2.26. The van der Waals surface area contributed by atoms with Gasteiger partial charge in [-0.1, -0.05) is 80.1 Å². The zero-order valence-electron chi connectivity index (χ0n) is 25.0. The van der Waals surface area contributed by atoms with Crippen LogP contribution in [-0.2, 0) is 20.8 Å². The Morgan fingerprint density at radius 3 is 1.87 bits per heavy atom. The summed E-state index contributed by atoms with van der Waals surface area (Å²) in [4.78, 5) is 49.3. The number of hydrogen-bond donors (Lipinski definition) is 0. The third kappa shape index (κ3) is 8.50. The number of Topliss-reactive ketones (excluding diaryl/α,β-unsaturated/α-hetero) is 1. The van der Waals surface area contributed by atoms with Gasteiger partial charge in [-0.05, 0) is 78.6 Å². The first kappa shape index (κ1) is 31.9. The molecule has 4 rings (SSSR count). The van der Waals surface area contributed by atoms with E-state index in [4.69, 9.17) is 9.47 Å². The molecule has 45 heavy (non-hydrogen) atoms. The SMILES string of the molecule is C=CC(=O)Oc1cc(C#Cc2ccc(OC(=O)C(=C)C)cc2)ccc1C(=O)c1ccc(-c2ccc(CC(=O)C(=C)C)cc2)cc1. The summed E-state index contributed by atoms with van der Waals surface area (Å²) < 4.78 is 10.6. The molecule has 0 aliphatic heterocycles. The molecule has 0 N–H and O–H groups in total. The average Bonchev–Trinajstić information content (AvgIpc) is 3.04. The van der Waals surface area contributed by atoms with Crippen molar-refractivity contribution < 1.29 is 28.7 Å². The largest absolute Gasteiger partial charge is 0.423 e. The van der Waals surface area contributed by atoms with E-state index in [0.717, 1.165) is 22.8 Å². The van der Waals surface area contributed by atoms with Gasteiger partial charge >= 0.3 is 11.9 Å². The smallest absolute Gasteiger partial charge is 0.338 e. The summed E-state index contributed by atoms with van der Waals surface area (Å²) in [6, 6.07) is 26.2. The number of rotatable bonds is 10. The predicted octanol–water partition coefficient (Wildman–Crippen LogP) is 7.25. The molecule has 0 spiro atoms. The van der Waals surface area contributed by atoms with Crippen LogP contribution in [-0.4, -0.2) is 23.5 Å². The predicted molar refractivity (Wildman–Crippen MR) is 174 cm³/mol. The van der Waals surface area contributed by atoms with E-state index in [1.165, 1.54) is 6.07 Å². The van der Waals surface area contributed by atoms with Crippen LogP contribution in [0, 0.1) is 11.8 Å². The third-order valence-electron chi connectivity index (χ3n) is 6.64. The van der Waals surface area contributed by atoms with Crippen LogP contribution in [0.5, 0.6) is 11.5 Å². The molecule has 6 heteroatoms. The number of hydrogen-bond acceptors (Lipinski definition) is 6. The van der Waals surface area contributed by atoms with E-state index in [0.29, 0.717) is 40.0 Å². The van der Waals surface area contributed by atoms with Crippen molar-refractivity contribution in [3.8, 4) is 34.5 Å². The second-order valence-electron chi connectivity index (χ2n) is 10.3. The number of benzene rings is 4. The van der Waals surface area contributed by atoms with Crippen molar-refractivity contribution in [2.24, 2.45) is 0 Å². The zero-order valence-corrected chi connectivity index (χ0v) is 25.0. The fourth-order valence-corrected chi connectivity index (χ4v) is 4.09. The van der Waals surface area contributed by atoms with Gasteiger partial charge in [0.25, 0.3) is 0 Å². The molecule has 0 bridgehead atoms. The van der Waals surface area contributed by atoms with E-state index >= 15 is 0 Å². The van der Waals surface area contributed by atoms with Crippen LogP contribution in [0.15, 0.2) is 128 Å². The van der Waals surface area contributed by atoms with Gasteiger partial charge in [0.2, 0.25) is 0 Å². The van der Waals surface area contributed by atoms with Gasteiger partial charge in [-0.3, -0.25) is 9.59 Å². The summed E-state index contributed by atoms with van der Waals surface area (Å²) in [6.45, 7) is 14.0. The molecule has 0 aromatic heterocycles. The number of carbonyl (C=O) groups excluding carboxylic acids is 4. The quantitative estimate of drug-likeness (QED) is 0.0632. The van der Waals surface area contributed by atoms with Gasteiger partial charge in [-0.15, -0.1) is 0 Å². The minimum absolute atomic E-state index is 0.00105. The number of ketones is 2. The molecule has 0 amide bonds. The van der Waals surface area contributed by atoms with Crippen LogP contribution >= 0.6 is 0 Å². The van der Waals surface area contributed by atoms with Crippen LogP contribution in [0.2, 0.25) is 0 Å². The van der Waals surface area contributed by atoms with Gasteiger partial charge in [-0.2, -0.15) is 0 Å². The van der Waals surface area contributed by atoms with E-state index in [9.17, 15) is 19.2 Å². The Morgan fingerprint density at radius 2 is 1.29 bits per heavy atom. The lowest BCUT2D eigenvalue weighted by Crippen LogP contribution is -2.10. The van der Waals surface area contributed by atoms with Crippen LogP contribution in [0.3, 0.4) is 0 Å². The van der Waals surface area contributed by atoms with E-state index in [2.05, 4.69) is 31.6 Å². The van der Waals surface area contributed by atoms with Gasteiger partial charge in [0.15, 0.2) is 11.6 Å². The van der Waals surface area contributed by atoms with Crippen molar-refractivity contribution in [3.05, 3.63) is 156 Å². The van der Waals surface area contributed by atoms with Crippen LogP contribution < -0.4 is 9.47 Å². The van der Waals surface area contributed by atoms with E-state index in [1.54, 1.807) is 62.4 Å². The van der Waals surface area contributed by atoms with Crippen molar-refractivity contribution in [1.82, 2.24) is 0 Å². The van der Waals surface area contributed by atoms with Crippen LogP contribution in [0.25, 0.3) is 11.1 Å². The van der Waals surface area contributed by atoms with Crippen LogP contribution in [0.1, 0.15) is 46.5 Å². The molecule has 0 fully saturated rings. The fraction of sp³-hybridized carbons (Fsp3) is 0.0769. The molecular formula is C39H30O6. The summed E-state index contributed by atoms with van der Waals surface area (Å²) in [5.74, 6) is 4.87. The maximum atomic E-state index is 13.5. The topological polar surface area (TPSA) is 86.7 Å². The molecule has 4 aromatic carbocycles. The van der Waals surface area contributed by atoms with Crippen molar-refractivity contribution >= 4 is 23.5 Å². The molecule has 0 heterocycles. The first-order valence-electron chi connectivity index (χ1n) is 13.9. The molecule has 4 aromatic rings. The Hall–Kier alpha value is -6.06. The number of carbonyl (C=O) groups is 4. The molecule has 0 atom stereocenters. The number of ether oxygens (including phenoxy) is 2. The molecule has 6 nitrogen and oxygen atoms in total. The first-order valence-corrected chi connectivity index (χ1v) is 13.9. The summed E-state index contributed by atoms with van der Waals surface area (Å²) in [7, 11) is 0. The van der Waals surface area contributed by atoms with Crippen LogP contribution in [0.4, 0.5) is 0 Å². The molecule has 0 saturated carbocycles. The van der Waals surface area contributed by atoms with Crippen molar-refractivity contribution in [3.63, 3.8) is 0 Å². The highest BCUT2D eigenvalue weighted by molar-refractivity contribution is 6.11. The van der Waals surface area contributed by atoms with Crippen molar-refractivity contribution in [1.29, 1.82) is 0 Å². The van der Waals surface area contributed by atoms with Gasteiger partial charge in [-0.25, -0.2) is 9.59 Å². The van der Waals surface area contributed by atoms with E-state index < -0.39 is 11.9 Å². The van der Waals surface area contributed by atoms with Gasteiger partial charge in [0.1, 0.15) is 11.5 Å². The zero-order chi connectivity index (χ0) is 32.5. The number of allylic oxidation sites excluding steroid dienone is 1. The molecule has 0 radical (unpaired) electrons. The van der Waals surface area contributed by atoms with Gasteiger partial charge < -0.3 is 9.47 Å². The molecule has 0 unspecified atom stereocenters. The summed E-state index contributed by atoms with van der Waals surface area (Å²) in [5.41, 5.74) is 5.32. The summed E-state index contributed by atoms with van der Waals surface area (Å²) >= 11 is 0. The highest BCUT2D eigenvalue weighted by atomic mass is 16.5. The molecular weight excluding hydrogens is 564 g/mol. The van der Waals surface area contributed by atoms with E-state index in [-0.39, 0.29) is 22.9 Å². The first-order chi connectivity index (χ1) is 21.5. The van der Waals surface area contributed by atoms with Crippen molar-refractivity contribution in [2.75, 3.05) is 0 Å². The Bertz CT molecular complexity index is 1880. The molecule has 0 saturated heterocycles. The standard InChI is InChI=1S/C39H30O6/c1-6-37(41)45-36-24-29(8-7-27-11-20-33(21-12-27)44-39(43)26(4)5)13-22-34(36)38(42)32-18-16-31(17-19-32)30-14-9-28(10-15-30)23-35(40)25(2)3/h6,9-22,24H,1-2,4,23H2,3,5H3. The number of esters is 2. The van der Waals surface area contributed by atoms with Gasteiger partial charge in [0.05, 0.1) is 5.56 Å². The lowest BCUT2D eigenvalue weighted by molar-refractivity contribution is -0.130. The maximum absolute atomic E-state index is 13.5. The second kappa shape index (κ2) is 14.4. The Labute approximate surface area is 262 Å². The Kier molecular flexibility index (Phi) is 10.2. The Morgan fingerprint density at radius 1 is 0.711 bits per heavy atom. The average molecular weight is 595 g/mol. The summed E-state index contributed by atoms with van der Waals surface area (Å²) in [6.07, 6.45) is 1.32. The maximum Gasteiger partial charge on any atom is 0.338 e. The Balaban J connectivity index is 1.53.